The largest absolute Gasteiger partial charge is 0.390 e. The Kier molecular flexibility index (Phi) is 4.61. The van der Waals surface area contributed by atoms with E-state index in [2.05, 4.69) is 50.4 Å². The van der Waals surface area contributed by atoms with Crippen LogP contribution in [-0.4, -0.2) is 11.9 Å². The number of carbonyl (C=O) groups excluding carboxylic acids is 1. The third kappa shape index (κ3) is 3.50. The van der Waals surface area contributed by atoms with Gasteiger partial charge >= 0.3 is 0 Å². The predicted molar refractivity (Wildman–Crippen MR) is 95.5 cm³/mol. The van der Waals surface area contributed by atoms with Crippen molar-refractivity contribution in [2.45, 2.75) is 46.1 Å². The smallest absolute Gasteiger partial charge is 0.255 e. The van der Waals surface area contributed by atoms with Gasteiger partial charge in [0, 0.05) is 17.0 Å². The predicted octanol–water partition coefficient (Wildman–Crippen LogP) is 4.43. The molecule has 1 aromatic heterocycles. The molecule has 1 aromatic carbocycles. The molecule has 0 aliphatic carbocycles. The lowest BCUT2D eigenvalue weighted by atomic mass is 9.86. The fourth-order valence-electron chi connectivity index (χ4n) is 2.30. The molecule has 3 N–H and O–H groups in total. The van der Waals surface area contributed by atoms with Crippen molar-refractivity contribution in [3.8, 4) is 11.1 Å². The highest BCUT2D eigenvalue weighted by Gasteiger charge is 2.20. The molecule has 1 heterocycles. The van der Waals surface area contributed by atoms with Gasteiger partial charge in [0.05, 0.1) is 10.6 Å². The van der Waals surface area contributed by atoms with Gasteiger partial charge in [-0.25, -0.2) is 0 Å². The van der Waals surface area contributed by atoms with Crippen molar-refractivity contribution in [3.63, 3.8) is 0 Å². The van der Waals surface area contributed by atoms with E-state index in [-0.39, 0.29) is 17.4 Å². The van der Waals surface area contributed by atoms with Crippen LogP contribution in [0.4, 0.5) is 5.00 Å². The number of benzene rings is 1. The second-order valence-corrected chi connectivity index (χ2v) is 7.76. The zero-order valence-electron chi connectivity index (χ0n) is 13.9. The number of thiophene rings is 1. The summed E-state index contributed by atoms with van der Waals surface area (Å²) in [5.74, 6) is -0.108. The minimum atomic E-state index is -0.108. The normalized spacial score (nSPS) is 11.7. The fraction of sp³-hybridized carbons (Fsp3) is 0.389. The van der Waals surface area contributed by atoms with E-state index in [1.54, 1.807) is 0 Å². The first-order valence-electron chi connectivity index (χ1n) is 7.49. The first-order valence-corrected chi connectivity index (χ1v) is 8.37. The average Bonchev–Trinajstić information content (AvgIpc) is 2.79. The lowest BCUT2D eigenvalue weighted by molar-refractivity contribution is 0.0945. The highest BCUT2D eigenvalue weighted by atomic mass is 32.1. The quantitative estimate of drug-likeness (QED) is 0.880. The van der Waals surface area contributed by atoms with E-state index in [1.165, 1.54) is 16.9 Å². The number of nitrogens with two attached hydrogens (primary N) is 1. The number of hydrogen-bond acceptors (Lipinski definition) is 3. The van der Waals surface area contributed by atoms with E-state index in [1.807, 2.05) is 19.2 Å². The second kappa shape index (κ2) is 6.13. The molecule has 3 nitrogen and oxygen atoms in total. The summed E-state index contributed by atoms with van der Waals surface area (Å²) < 4.78 is 0. The molecule has 2 aromatic rings. The number of carbonyl (C=O) groups is 1. The monoisotopic (exact) mass is 316 g/mol. The molecule has 0 saturated heterocycles. The Balaban J connectivity index is 2.40. The maximum atomic E-state index is 12.4. The molecule has 22 heavy (non-hydrogen) atoms. The fourth-order valence-corrected chi connectivity index (χ4v) is 3.12. The van der Waals surface area contributed by atoms with E-state index in [0.717, 1.165) is 11.1 Å². The van der Waals surface area contributed by atoms with Crippen LogP contribution >= 0.6 is 11.3 Å². The van der Waals surface area contributed by atoms with Crippen LogP contribution in [0.2, 0.25) is 0 Å². The van der Waals surface area contributed by atoms with Gasteiger partial charge in [0.25, 0.3) is 5.91 Å². The van der Waals surface area contributed by atoms with Crippen molar-refractivity contribution >= 4 is 22.2 Å². The maximum absolute atomic E-state index is 12.4. The Hall–Kier alpha value is -1.81. The summed E-state index contributed by atoms with van der Waals surface area (Å²) in [7, 11) is 0. The standard InChI is InChI=1S/C18H24N2OS/c1-11(2)20-17(21)15-14(10-22-16(15)19)12-6-8-13(9-7-12)18(3,4)5/h6-11H,19H2,1-5H3,(H,20,21). The molecule has 0 radical (unpaired) electrons. The molecule has 0 fully saturated rings. The molecule has 0 atom stereocenters. The average molecular weight is 316 g/mol. The van der Waals surface area contributed by atoms with Gasteiger partial charge in [0.15, 0.2) is 0 Å². The van der Waals surface area contributed by atoms with Crippen LogP contribution in [0.1, 0.15) is 50.5 Å². The molecule has 118 valence electrons. The Morgan fingerprint density at radius 2 is 1.77 bits per heavy atom. The summed E-state index contributed by atoms with van der Waals surface area (Å²) in [6.45, 7) is 10.4. The minimum Gasteiger partial charge on any atom is -0.390 e. The first kappa shape index (κ1) is 16.6. The van der Waals surface area contributed by atoms with Crippen LogP contribution in [-0.2, 0) is 5.41 Å². The van der Waals surface area contributed by atoms with Crippen LogP contribution < -0.4 is 11.1 Å². The van der Waals surface area contributed by atoms with Crippen molar-refractivity contribution in [1.29, 1.82) is 0 Å². The second-order valence-electron chi connectivity index (χ2n) is 6.84. The number of hydrogen-bond donors (Lipinski definition) is 2. The molecule has 0 spiro atoms. The van der Waals surface area contributed by atoms with E-state index in [9.17, 15) is 4.79 Å². The molecule has 0 aliphatic rings. The number of nitrogens with one attached hydrogen (secondary N) is 1. The summed E-state index contributed by atoms with van der Waals surface area (Å²) in [4.78, 5) is 12.4. The van der Waals surface area contributed by atoms with E-state index < -0.39 is 0 Å². The number of nitrogen functional groups attached to an aromatic ring is 1. The molecule has 1 amide bonds. The molecule has 4 heteroatoms. The summed E-state index contributed by atoms with van der Waals surface area (Å²) in [5, 5.41) is 5.44. The molecule has 0 saturated carbocycles. The van der Waals surface area contributed by atoms with Crippen molar-refractivity contribution in [2.75, 3.05) is 5.73 Å². The summed E-state index contributed by atoms with van der Waals surface area (Å²) >= 11 is 1.41. The minimum absolute atomic E-state index is 0.0860. The molecule has 0 bridgehead atoms. The molecule has 2 rings (SSSR count). The van der Waals surface area contributed by atoms with Crippen molar-refractivity contribution in [2.24, 2.45) is 0 Å². The first-order chi connectivity index (χ1) is 10.2. The van der Waals surface area contributed by atoms with Gasteiger partial charge in [-0.05, 0) is 30.4 Å². The highest BCUT2D eigenvalue weighted by molar-refractivity contribution is 7.15. The number of anilines is 1. The van der Waals surface area contributed by atoms with E-state index in [4.69, 9.17) is 5.73 Å². The van der Waals surface area contributed by atoms with Crippen LogP contribution in [0.5, 0.6) is 0 Å². The maximum Gasteiger partial charge on any atom is 0.255 e. The van der Waals surface area contributed by atoms with E-state index >= 15 is 0 Å². The Labute approximate surface area is 136 Å². The zero-order chi connectivity index (χ0) is 16.5. The lowest BCUT2D eigenvalue weighted by Gasteiger charge is -2.19. The topological polar surface area (TPSA) is 55.1 Å². The van der Waals surface area contributed by atoms with Crippen LogP contribution in [0, 0.1) is 0 Å². The van der Waals surface area contributed by atoms with Gasteiger partial charge in [-0.3, -0.25) is 4.79 Å². The molecule has 0 aliphatic heterocycles. The van der Waals surface area contributed by atoms with Crippen molar-refractivity contribution in [1.82, 2.24) is 5.32 Å². The Bertz CT molecular complexity index is 663. The summed E-state index contributed by atoms with van der Waals surface area (Å²) in [5.41, 5.74) is 9.91. The zero-order valence-corrected chi connectivity index (χ0v) is 14.7. The Morgan fingerprint density at radius 1 is 1.18 bits per heavy atom. The highest BCUT2D eigenvalue weighted by Crippen LogP contribution is 2.34. The summed E-state index contributed by atoms with van der Waals surface area (Å²) in [6, 6.07) is 8.45. The van der Waals surface area contributed by atoms with Gasteiger partial charge in [-0.2, -0.15) is 0 Å². The number of amides is 1. The lowest BCUT2D eigenvalue weighted by Crippen LogP contribution is -2.30. The van der Waals surface area contributed by atoms with Crippen LogP contribution in [0.15, 0.2) is 29.6 Å². The third-order valence-electron chi connectivity index (χ3n) is 3.53. The molecular weight excluding hydrogens is 292 g/mol. The van der Waals surface area contributed by atoms with Crippen LogP contribution in [0.3, 0.4) is 0 Å². The number of rotatable bonds is 3. The van der Waals surface area contributed by atoms with Crippen molar-refractivity contribution in [3.05, 3.63) is 40.8 Å². The SMILES string of the molecule is CC(C)NC(=O)c1c(-c2ccc(C(C)(C)C)cc2)csc1N. The van der Waals surface area contributed by atoms with Gasteiger partial charge in [-0.1, -0.05) is 45.0 Å². The van der Waals surface area contributed by atoms with Crippen LogP contribution in [0.25, 0.3) is 11.1 Å². The molecular formula is C18H24N2OS. The van der Waals surface area contributed by atoms with Crippen molar-refractivity contribution < 1.29 is 4.79 Å². The van der Waals surface area contributed by atoms with Gasteiger partial charge in [0.1, 0.15) is 0 Å². The third-order valence-corrected chi connectivity index (χ3v) is 4.34. The molecule has 0 unspecified atom stereocenters. The Morgan fingerprint density at radius 3 is 2.27 bits per heavy atom. The van der Waals surface area contributed by atoms with Gasteiger partial charge < -0.3 is 11.1 Å². The van der Waals surface area contributed by atoms with E-state index in [0.29, 0.717) is 10.6 Å². The van der Waals surface area contributed by atoms with Gasteiger partial charge in [-0.15, -0.1) is 11.3 Å². The van der Waals surface area contributed by atoms with Gasteiger partial charge in [0.2, 0.25) is 0 Å². The summed E-state index contributed by atoms with van der Waals surface area (Å²) in [6.07, 6.45) is 0.